The number of rotatable bonds is 3. The van der Waals surface area contributed by atoms with Gasteiger partial charge in [0.2, 0.25) is 0 Å². The van der Waals surface area contributed by atoms with Gasteiger partial charge in [0, 0.05) is 31.2 Å². The van der Waals surface area contributed by atoms with Crippen LogP contribution in [-0.2, 0) is 0 Å². The second kappa shape index (κ2) is 8.55. The van der Waals surface area contributed by atoms with E-state index in [-0.39, 0.29) is 0 Å². The molecule has 1 N–H and O–H groups in total. The summed E-state index contributed by atoms with van der Waals surface area (Å²) >= 11 is 38.8. The van der Waals surface area contributed by atoms with E-state index < -0.39 is 12.1 Å². The van der Waals surface area contributed by atoms with E-state index in [0.717, 1.165) is 0 Å². The Bertz CT molecular complexity index is 1070. The highest BCUT2D eigenvalue weighted by Crippen LogP contribution is 2.47. The van der Waals surface area contributed by atoms with E-state index in [1.165, 1.54) is 0 Å². The molecule has 2 nitrogen and oxygen atoms in total. The van der Waals surface area contributed by atoms with Crippen LogP contribution < -0.4 is 5.32 Å². The normalized spacial score (nSPS) is 18.5. The van der Waals surface area contributed by atoms with E-state index in [1.807, 2.05) is 0 Å². The molecule has 0 aromatic heterocycles. The first-order valence-electron chi connectivity index (χ1n) is 8.55. The van der Waals surface area contributed by atoms with Crippen LogP contribution in [0.2, 0.25) is 30.1 Å². The molecule has 1 aliphatic heterocycles. The molecule has 0 aliphatic carbocycles. The lowest BCUT2D eigenvalue weighted by molar-refractivity contribution is 0.573. The molecule has 0 bridgehead atoms. The zero-order valence-corrected chi connectivity index (χ0v) is 19.1. The lowest BCUT2D eigenvalue weighted by Gasteiger charge is -2.23. The molecule has 3 aromatic carbocycles. The number of nitrogens with one attached hydrogen (secondary N) is 1. The van der Waals surface area contributed by atoms with Gasteiger partial charge in [-0.3, -0.25) is 4.99 Å². The van der Waals surface area contributed by atoms with Crippen LogP contribution in [0.3, 0.4) is 0 Å². The summed E-state index contributed by atoms with van der Waals surface area (Å²) in [6.45, 7) is 0. The lowest BCUT2D eigenvalue weighted by Crippen LogP contribution is -2.26. The van der Waals surface area contributed by atoms with Crippen molar-refractivity contribution in [1.29, 1.82) is 0 Å². The highest BCUT2D eigenvalue weighted by Gasteiger charge is 2.37. The highest BCUT2D eigenvalue weighted by molar-refractivity contribution is 6.40. The molecule has 8 heteroatoms. The molecule has 0 unspecified atom stereocenters. The van der Waals surface area contributed by atoms with Crippen molar-refractivity contribution in [3.8, 4) is 0 Å². The predicted octanol–water partition coefficient (Wildman–Crippen LogP) is 8.44. The Kier molecular flexibility index (Phi) is 6.22. The van der Waals surface area contributed by atoms with Gasteiger partial charge in [-0.15, -0.1) is 0 Å². The summed E-state index contributed by atoms with van der Waals surface area (Å²) in [5.41, 5.74) is 1.95. The molecule has 1 aliphatic rings. The maximum Gasteiger partial charge on any atom is 0.132 e. The third kappa shape index (κ3) is 3.95. The van der Waals surface area contributed by atoms with Crippen LogP contribution >= 0.6 is 69.6 Å². The van der Waals surface area contributed by atoms with E-state index >= 15 is 0 Å². The summed E-state index contributed by atoms with van der Waals surface area (Å²) in [6, 6.07) is 15.0. The first kappa shape index (κ1) is 21.1. The minimum absolute atomic E-state index is 0.420. The average Bonchev–Trinajstić information content (AvgIpc) is 3.05. The predicted molar refractivity (Wildman–Crippen MR) is 125 cm³/mol. The summed E-state index contributed by atoms with van der Waals surface area (Å²) < 4.78 is 0. The molecule has 3 aromatic rings. The van der Waals surface area contributed by atoms with Crippen LogP contribution in [0, 0.1) is 0 Å². The minimum atomic E-state index is -0.490. The van der Waals surface area contributed by atoms with Gasteiger partial charge in [-0.2, -0.15) is 0 Å². The molecule has 4 rings (SSSR count). The number of amidine groups is 1. The van der Waals surface area contributed by atoms with E-state index in [1.54, 1.807) is 54.6 Å². The van der Waals surface area contributed by atoms with Crippen LogP contribution in [0.25, 0.3) is 0 Å². The van der Waals surface area contributed by atoms with E-state index in [4.69, 9.17) is 74.6 Å². The fourth-order valence-electron chi connectivity index (χ4n) is 3.40. The molecule has 2 atom stereocenters. The van der Waals surface area contributed by atoms with Crippen molar-refractivity contribution in [2.75, 3.05) is 0 Å². The molecule has 148 valence electrons. The maximum absolute atomic E-state index is 6.50. The Balaban J connectivity index is 1.92. The Labute approximate surface area is 198 Å². The molecule has 0 saturated carbocycles. The zero-order chi connectivity index (χ0) is 20.7. The van der Waals surface area contributed by atoms with Gasteiger partial charge in [0.05, 0.1) is 21.7 Å². The topological polar surface area (TPSA) is 24.4 Å². The van der Waals surface area contributed by atoms with Crippen molar-refractivity contribution in [3.63, 3.8) is 0 Å². The third-order valence-electron chi connectivity index (χ3n) is 4.68. The number of aliphatic imine (C=N–C) groups is 1. The SMILES string of the molecule is Clc1cccc(Cl)c1C1=N[C@@H](c2c(Cl)cccc2Cl)[C@@H](c2c(Cl)cccc2Cl)N1. The molecule has 29 heavy (non-hydrogen) atoms. The van der Waals surface area contributed by atoms with Gasteiger partial charge >= 0.3 is 0 Å². The van der Waals surface area contributed by atoms with Gasteiger partial charge in [-0.1, -0.05) is 87.8 Å². The quantitative estimate of drug-likeness (QED) is 0.380. The standard InChI is InChI=1S/C21H12Cl6N2/c22-10-4-1-5-11(23)16(10)19-20(17-12(24)6-2-7-13(17)25)29-21(28-19)18-14(26)8-3-9-15(18)27/h1-9,19-20H,(H,28,29)/t19-,20+. The summed E-state index contributed by atoms with van der Waals surface area (Å²) in [6.07, 6.45) is 0. The number of halogens is 6. The summed E-state index contributed by atoms with van der Waals surface area (Å²) in [5, 5.41) is 6.32. The Morgan fingerprint density at radius 2 is 1.00 bits per heavy atom. The number of hydrogen-bond acceptors (Lipinski definition) is 2. The molecular weight excluding hydrogens is 493 g/mol. The molecule has 0 fully saturated rings. The molecule has 0 spiro atoms. The number of nitrogens with zero attached hydrogens (tertiary/aromatic N) is 1. The summed E-state index contributed by atoms with van der Waals surface area (Å²) in [5.74, 6) is 0.516. The van der Waals surface area contributed by atoms with Crippen molar-refractivity contribution in [2.24, 2.45) is 4.99 Å². The zero-order valence-electron chi connectivity index (χ0n) is 14.6. The van der Waals surface area contributed by atoms with Gasteiger partial charge in [0.15, 0.2) is 0 Å². The molecule has 0 saturated heterocycles. The van der Waals surface area contributed by atoms with E-state index in [9.17, 15) is 0 Å². The maximum atomic E-state index is 6.50. The number of hydrogen-bond donors (Lipinski definition) is 1. The summed E-state index contributed by atoms with van der Waals surface area (Å²) in [4.78, 5) is 4.86. The molecule has 0 amide bonds. The fourth-order valence-corrected chi connectivity index (χ4v) is 5.23. The van der Waals surface area contributed by atoms with Crippen LogP contribution in [0.1, 0.15) is 28.8 Å². The van der Waals surface area contributed by atoms with Gasteiger partial charge in [-0.25, -0.2) is 0 Å². The lowest BCUT2D eigenvalue weighted by atomic mass is 9.94. The summed E-state index contributed by atoms with van der Waals surface area (Å²) in [7, 11) is 0. The molecule has 1 heterocycles. The first-order chi connectivity index (χ1) is 13.9. The van der Waals surface area contributed by atoms with Crippen molar-refractivity contribution >= 4 is 75.4 Å². The van der Waals surface area contributed by atoms with Crippen LogP contribution in [0.4, 0.5) is 0 Å². The van der Waals surface area contributed by atoms with E-state index in [0.29, 0.717) is 52.7 Å². The van der Waals surface area contributed by atoms with Crippen molar-refractivity contribution in [3.05, 3.63) is 101 Å². The van der Waals surface area contributed by atoms with Crippen LogP contribution in [0.5, 0.6) is 0 Å². The smallest absolute Gasteiger partial charge is 0.132 e. The highest BCUT2D eigenvalue weighted by atomic mass is 35.5. The second-order valence-electron chi connectivity index (χ2n) is 6.41. The molecular formula is C21H12Cl6N2. The van der Waals surface area contributed by atoms with Gasteiger partial charge in [0.25, 0.3) is 0 Å². The van der Waals surface area contributed by atoms with Gasteiger partial charge < -0.3 is 5.32 Å². The van der Waals surface area contributed by atoms with Crippen LogP contribution in [-0.4, -0.2) is 5.84 Å². The number of benzene rings is 3. The second-order valence-corrected chi connectivity index (χ2v) is 8.86. The third-order valence-corrected chi connectivity index (χ3v) is 6.63. The van der Waals surface area contributed by atoms with Crippen molar-refractivity contribution in [2.45, 2.75) is 12.1 Å². The van der Waals surface area contributed by atoms with Gasteiger partial charge in [0.1, 0.15) is 11.9 Å². The average molecular weight is 505 g/mol. The first-order valence-corrected chi connectivity index (χ1v) is 10.8. The van der Waals surface area contributed by atoms with E-state index in [2.05, 4.69) is 5.32 Å². The van der Waals surface area contributed by atoms with Crippen molar-refractivity contribution in [1.82, 2.24) is 5.32 Å². The Morgan fingerprint density at radius 1 is 0.586 bits per heavy atom. The van der Waals surface area contributed by atoms with Crippen molar-refractivity contribution < 1.29 is 0 Å². The fraction of sp³-hybridized carbons (Fsp3) is 0.0952. The molecule has 0 radical (unpaired) electrons. The monoisotopic (exact) mass is 502 g/mol. The Hall–Kier alpha value is -1.13. The Morgan fingerprint density at radius 3 is 1.48 bits per heavy atom. The van der Waals surface area contributed by atoms with Crippen LogP contribution in [0.15, 0.2) is 59.6 Å². The minimum Gasteiger partial charge on any atom is -0.360 e. The van der Waals surface area contributed by atoms with Gasteiger partial charge in [-0.05, 0) is 36.4 Å². The largest absolute Gasteiger partial charge is 0.360 e.